The van der Waals surface area contributed by atoms with Crippen molar-refractivity contribution in [3.63, 3.8) is 0 Å². The van der Waals surface area contributed by atoms with Crippen molar-refractivity contribution in [3.05, 3.63) is 17.1 Å². The number of aromatic nitrogens is 1. The monoisotopic (exact) mass is 172 g/mol. The Bertz CT molecular complexity index is 215. The second-order valence-electron chi connectivity index (χ2n) is 3.09. The van der Waals surface area contributed by atoms with E-state index in [-0.39, 0.29) is 6.04 Å². The minimum Gasteiger partial charge on any atom is -0.388 e. The molecule has 0 fully saturated rings. The SMILES string of the molecule is CC(C)(O)C(N)c1cnsc1. The van der Waals surface area contributed by atoms with Gasteiger partial charge in [0.15, 0.2) is 0 Å². The van der Waals surface area contributed by atoms with E-state index in [2.05, 4.69) is 4.37 Å². The summed E-state index contributed by atoms with van der Waals surface area (Å²) in [4.78, 5) is 0. The smallest absolute Gasteiger partial charge is 0.0784 e. The number of rotatable bonds is 2. The number of aliphatic hydroxyl groups is 1. The molecule has 0 amide bonds. The van der Waals surface area contributed by atoms with E-state index in [1.807, 2.05) is 5.38 Å². The van der Waals surface area contributed by atoms with Crippen LogP contribution in [0.4, 0.5) is 0 Å². The Balaban J connectivity index is 2.78. The van der Waals surface area contributed by atoms with E-state index in [4.69, 9.17) is 5.73 Å². The van der Waals surface area contributed by atoms with Gasteiger partial charge in [-0.2, -0.15) is 0 Å². The summed E-state index contributed by atoms with van der Waals surface area (Å²) in [6.07, 6.45) is 1.69. The molecule has 0 radical (unpaired) electrons. The van der Waals surface area contributed by atoms with Crippen LogP contribution < -0.4 is 5.73 Å². The first-order chi connectivity index (χ1) is 5.02. The molecular weight excluding hydrogens is 160 g/mol. The summed E-state index contributed by atoms with van der Waals surface area (Å²) in [5, 5.41) is 11.4. The number of hydrogen-bond acceptors (Lipinski definition) is 4. The zero-order valence-corrected chi connectivity index (χ0v) is 7.43. The van der Waals surface area contributed by atoms with E-state index in [0.29, 0.717) is 0 Å². The Morgan fingerprint density at radius 2 is 2.36 bits per heavy atom. The fraction of sp³-hybridized carbons (Fsp3) is 0.571. The molecule has 1 heterocycles. The minimum absolute atomic E-state index is 0.346. The highest BCUT2D eigenvalue weighted by molar-refractivity contribution is 7.03. The summed E-state index contributed by atoms with van der Waals surface area (Å²) in [6, 6.07) is -0.346. The number of nitrogens with zero attached hydrogens (tertiary/aromatic N) is 1. The molecule has 1 aromatic heterocycles. The van der Waals surface area contributed by atoms with Crippen LogP contribution in [0.2, 0.25) is 0 Å². The van der Waals surface area contributed by atoms with E-state index in [0.717, 1.165) is 5.56 Å². The lowest BCUT2D eigenvalue weighted by Gasteiger charge is -2.24. The third-order valence-corrected chi connectivity index (χ3v) is 2.18. The molecule has 4 heteroatoms. The first-order valence-corrected chi connectivity index (χ1v) is 4.22. The number of nitrogens with two attached hydrogens (primary N) is 1. The predicted molar refractivity (Wildman–Crippen MR) is 45.3 cm³/mol. The lowest BCUT2D eigenvalue weighted by atomic mass is 9.95. The molecule has 0 bridgehead atoms. The third-order valence-electron chi connectivity index (χ3n) is 1.57. The summed E-state index contributed by atoms with van der Waals surface area (Å²) in [5.41, 5.74) is 5.75. The van der Waals surface area contributed by atoms with Crippen LogP contribution in [0.1, 0.15) is 25.5 Å². The van der Waals surface area contributed by atoms with E-state index in [1.165, 1.54) is 11.5 Å². The quantitative estimate of drug-likeness (QED) is 0.697. The maximum absolute atomic E-state index is 9.51. The highest BCUT2D eigenvalue weighted by atomic mass is 32.1. The summed E-state index contributed by atoms with van der Waals surface area (Å²) in [6.45, 7) is 3.38. The van der Waals surface area contributed by atoms with Gasteiger partial charge in [-0.15, -0.1) is 0 Å². The second kappa shape index (κ2) is 2.89. The molecule has 0 spiro atoms. The van der Waals surface area contributed by atoms with Gasteiger partial charge in [-0.1, -0.05) is 0 Å². The van der Waals surface area contributed by atoms with Crippen LogP contribution in [0.15, 0.2) is 11.6 Å². The Morgan fingerprint density at radius 1 is 1.73 bits per heavy atom. The topological polar surface area (TPSA) is 59.1 Å². The molecule has 0 saturated carbocycles. The van der Waals surface area contributed by atoms with Crippen molar-refractivity contribution in [1.29, 1.82) is 0 Å². The van der Waals surface area contributed by atoms with Crippen molar-refractivity contribution in [2.24, 2.45) is 5.73 Å². The Hall–Kier alpha value is -0.450. The van der Waals surface area contributed by atoms with E-state index < -0.39 is 5.60 Å². The lowest BCUT2D eigenvalue weighted by Crippen LogP contribution is -2.34. The molecule has 0 aliphatic heterocycles. The van der Waals surface area contributed by atoms with Crippen molar-refractivity contribution < 1.29 is 5.11 Å². The van der Waals surface area contributed by atoms with Crippen molar-refractivity contribution in [2.75, 3.05) is 0 Å². The first-order valence-electron chi connectivity index (χ1n) is 3.39. The fourth-order valence-electron chi connectivity index (χ4n) is 0.774. The van der Waals surface area contributed by atoms with Crippen LogP contribution in [-0.2, 0) is 0 Å². The molecule has 1 unspecified atom stereocenters. The molecule has 1 aromatic rings. The molecule has 0 aliphatic carbocycles. The van der Waals surface area contributed by atoms with E-state index >= 15 is 0 Å². The van der Waals surface area contributed by atoms with Gasteiger partial charge in [0.25, 0.3) is 0 Å². The van der Waals surface area contributed by atoms with Gasteiger partial charge in [0, 0.05) is 17.1 Å². The Labute approximate surface area is 70.0 Å². The lowest BCUT2D eigenvalue weighted by molar-refractivity contribution is 0.0518. The molecule has 0 aliphatic rings. The molecule has 1 atom stereocenters. The highest BCUT2D eigenvalue weighted by Crippen LogP contribution is 2.22. The molecule has 1 rings (SSSR count). The Morgan fingerprint density at radius 3 is 2.73 bits per heavy atom. The van der Waals surface area contributed by atoms with Gasteiger partial charge in [0.1, 0.15) is 0 Å². The minimum atomic E-state index is -0.872. The van der Waals surface area contributed by atoms with Gasteiger partial charge in [-0.05, 0) is 25.4 Å². The standard InChI is InChI=1S/C7H12N2OS/c1-7(2,10)6(8)5-3-9-11-4-5/h3-4,6,10H,8H2,1-2H3. The van der Waals surface area contributed by atoms with Crippen LogP contribution in [0.25, 0.3) is 0 Å². The number of hydrogen-bond donors (Lipinski definition) is 2. The van der Waals surface area contributed by atoms with Crippen molar-refractivity contribution >= 4 is 11.5 Å². The Kier molecular flexibility index (Phi) is 2.27. The molecule has 0 aromatic carbocycles. The summed E-state index contributed by atoms with van der Waals surface area (Å²) in [7, 11) is 0. The van der Waals surface area contributed by atoms with Crippen molar-refractivity contribution in [3.8, 4) is 0 Å². The molecular formula is C7H12N2OS. The van der Waals surface area contributed by atoms with Crippen LogP contribution in [0.3, 0.4) is 0 Å². The third kappa shape index (κ3) is 1.99. The van der Waals surface area contributed by atoms with E-state index in [9.17, 15) is 5.11 Å². The maximum atomic E-state index is 9.51. The highest BCUT2D eigenvalue weighted by Gasteiger charge is 2.24. The predicted octanol–water partition coefficient (Wildman–Crippen LogP) is 0.914. The van der Waals surface area contributed by atoms with Gasteiger partial charge < -0.3 is 10.8 Å². The summed E-state index contributed by atoms with van der Waals surface area (Å²) in [5.74, 6) is 0. The van der Waals surface area contributed by atoms with Gasteiger partial charge in [0.2, 0.25) is 0 Å². The van der Waals surface area contributed by atoms with Crippen LogP contribution in [0, 0.1) is 0 Å². The van der Waals surface area contributed by atoms with Crippen molar-refractivity contribution in [2.45, 2.75) is 25.5 Å². The van der Waals surface area contributed by atoms with Gasteiger partial charge in [0.05, 0.1) is 11.6 Å². The first kappa shape index (κ1) is 8.64. The molecule has 3 nitrogen and oxygen atoms in total. The zero-order chi connectivity index (χ0) is 8.48. The van der Waals surface area contributed by atoms with Crippen molar-refractivity contribution in [1.82, 2.24) is 4.37 Å². The van der Waals surface area contributed by atoms with Crippen LogP contribution >= 0.6 is 11.5 Å². The van der Waals surface area contributed by atoms with Gasteiger partial charge in [-0.3, -0.25) is 0 Å². The molecule has 62 valence electrons. The molecule has 3 N–H and O–H groups in total. The normalized spacial score (nSPS) is 14.9. The molecule has 0 saturated heterocycles. The summed E-state index contributed by atoms with van der Waals surface area (Å²) < 4.78 is 3.91. The summed E-state index contributed by atoms with van der Waals surface area (Å²) >= 11 is 1.34. The second-order valence-corrected chi connectivity index (χ2v) is 3.75. The fourth-order valence-corrected chi connectivity index (χ4v) is 1.35. The van der Waals surface area contributed by atoms with Crippen LogP contribution in [-0.4, -0.2) is 15.1 Å². The van der Waals surface area contributed by atoms with Gasteiger partial charge >= 0.3 is 0 Å². The zero-order valence-electron chi connectivity index (χ0n) is 6.61. The average molecular weight is 172 g/mol. The van der Waals surface area contributed by atoms with E-state index in [1.54, 1.807) is 20.0 Å². The van der Waals surface area contributed by atoms with Crippen LogP contribution in [0.5, 0.6) is 0 Å². The maximum Gasteiger partial charge on any atom is 0.0784 e. The molecule has 11 heavy (non-hydrogen) atoms. The van der Waals surface area contributed by atoms with Gasteiger partial charge in [-0.25, -0.2) is 4.37 Å². The average Bonchev–Trinajstić information content (AvgIpc) is 2.34. The largest absolute Gasteiger partial charge is 0.388 e.